The van der Waals surface area contributed by atoms with Crippen molar-refractivity contribution in [1.82, 2.24) is 19.8 Å². The molecule has 1 aromatic carbocycles. The minimum Gasteiger partial charge on any atom is -0.469 e. The van der Waals surface area contributed by atoms with Crippen molar-refractivity contribution < 1.29 is 9.53 Å². The average molecular weight is 483 g/mol. The van der Waals surface area contributed by atoms with Gasteiger partial charge in [0, 0.05) is 41.3 Å². The van der Waals surface area contributed by atoms with Crippen molar-refractivity contribution in [2.45, 2.75) is 38.8 Å². The highest BCUT2D eigenvalue weighted by molar-refractivity contribution is 7.80. The van der Waals surface area contributed by atoms with Gasteiger partial charge in [0.2, 0.25) is 0 Å². The van der Waals surface area contributed by atoms with E-state index in [0.29, 0.717) is 29.5 Å². The number of nitrogens with one attached hydrogen (secondary N) is 1. The fourth-order valence-electron chi connectivity index (χ4n) is 4.58. The fraction of sp³-hybridized carbons (Fsp3) is 0.320. The Hall–Kier alpha value is -2.90. The summed E-state index contributed by atoms with van der Waals surface area (Å²) in [6.45, 7) is 4.85. The predicted molar refractivity (Wildman–Crippen MR) is 134 cm³/mol. The number of methoxy groups -OCH3 is 1. The first-order chi connectivity index (χ1) is 15.9. The molecule has 0 saturated carbocycles. The number of ether oxygens (including phenoxy) is 1. The Balaban J connectivity index is 1.75. The van der Waals surface area contributed by atoms with Gasteiger partial charge >= 0.3 is 5.97 Å². The number of carbonyl (C=O) groups is 1. The van der Waals surface area contributed by atoms with Crippen molar-refractivity contribution in [2.24, 2.45) is 0 Å². The Morgan fingerprint density at radius 1 is 1.21 bits per heavy atom. The van der Waals surface area contributed by atoms with E-state index in [9.17, 15) is 4.79 Å². The Kier molecular flexibility index (Phi) is 7.00. The van der Waals surface area contributed by atoms with Crippen LogP contribution in [0, 0.1) is 13.8 Å². The third-order valence-corrected chi connectivity index (χ3v) is 6.65. The highest BCUT2D eigenvalue weighted by Crippen LogP contribution is 2.41. The highest BCUT2D eigenvalue weighted by atomic mass is 35.5. The number of nitrogens with zero attached hydrogens (tertiary/aromatic N) is 3. The maximum absolute atomic E-state index is 11.7. The summed E-state index contributed by atoms with van der Waals surface area (Å²) in [5.74, 6) is -0.218. The number of aromatic nitrogens is 2. The van der Waals surface area contributed by atoms with Crippen LogP contribution in [-0.4, -0.2) is 39.2 Å². The smallest absolute Gasteiger partial charge is 0.305 e. The van der Waals surface area contributed by atoms with Gasteiger partial charge in [0.15, 0.2) is 5.11 Å². The molecule has 2 unspecified atom stereocenters. The summed E-state index contributed by atoms with van der Waals surface area (Å²) in [4.78, 5) is 18.5. The van der Waals surface area contributed by atoms with Crippen LogP contribution in [0.2, 0.25) is 5.02 Å². The van der Waals surface area contributed by atoms with Gasteiger partial charge in [0.1, 0.15) is 0 Å². The Bertz CT molecular complexity index is 1160. The maximum Gasteiger partial charge on any atom is 0.305 e. The summed E-state index contributed by atoms with van der Waals surface area (Å²) < 4.78 is 7.02. The van der Waals surface area contributed by atoms with Crippen molar-refractivity contribution in [1.29, 1.82) is 0 Å². The van der Waals surface area contributed by atoms with Crippen LogP contribution in [-0.2, 0) is 9.53 Å². The molecule has 0 bridgehead atoms. The zero-order valence-electron chi connectivity index (χ0n) is 18.9. The van der Waals surface area contributed by atoms with Crippen LogP contribution in [0.5, 0.6) is 0 Å². The number of pyridine rings is 1. The van der Waals surface area contributed by atoms with E-state index in [4.69, 9.17) is 28.6 Å². The first-order valence-electron chi connectivity index (χ1n) is 10.9. The first kappa shape index (κ1) is 23.3. The van der Waals surface area contributed by atoms with Crippen LogP contribution in [0.25, 0.3) is 5.69 Å². The van der Waals surface area contributed by atoms with Crippen LogP contribution in [0.4, 0.5) is 0 Å². The largest absolute Gasteiger partial charge is 0.469 e. The molecule has 1 aliphatic heterocycles. The fourth-order valence-corrected chi connectivity index (χ4v) is 5.10. The van der Waals surface area contributed by atoms with Gasteiger partial charge in [-0.25, -0.2) is 0 Å². The minimum atomic E-state index is -0.218. The second-order valence-corrected chi connectivity index (χ2v) is 8.96. The number of esters is 1. The maximum atomic E-state index is 11.7. The molecule has 1 N–H and O–H groups in total. The topological polar surface area (TPSA) is 59.4 Å². The molecule has 3 aromatic rings. The lowest BCUT2D eigenvalue weighted by Crippen LogP contribution is -2.31. The van der Waals surface area contributed by atoms with Crippen molar-refractivity contribution >= 4 is 34.9 Å². The molecule has 2 atom stereocenters. The third-order valence-electron chi connectivity index (χ3n) is 6.06. The summed E-state index contributed by atoms with van der Waals surface area (Å²) in [5, 5.41) is 4.83. The van der Waals surface area contributed by atoms with Crippen molar-refractivity contribution in [3.8, 4) is 5.69 Å². The van der Waals surface area contributed by atoms with Crippen LogP contribution in [0.3, 0.4) is 0 Å². The molecular formula is C25H27ClN4O2S. The Morgan fingerprint density at radius 3 is 2.73 bits per heavy atom. The molecular weight excluding hydrogens is 456 g/mol. The summed E-state index contributed by atoms with van der Waals surface area (Å²) in [5.41, 5.74) is 5.33. The van der Waals surface area contributed by atoms with E-state index in [-0.39, 0.29) is 18.1 Å². The molecule has 4 rings (SSSR count). The SMILES string of the molecule is COC(=O)CCCN1C(=S)NC(c2ccccn2)C1c1cc(C)n(-c2cccc(Cl)c2)c1C. The zero-order valence-corrected chi connectivity index (χ0v) is 20.5. The Labute approximate surface area is 204 Å². The standard InChI is InChI=1S/C25H27ClN4O2S/c1-16-14-20(17(2)30(16)19-9-6-8-18(26)15-19)24-23(21-10-4-5-12-27-21)28-25(33)29(24)13-7-11-22(31)32-3/h4-6,8-10,12,14-15,23-24H,7,11,13H2,1-3H3,(H,28,33). The zero-order chi connectivity index (χ0) is 23.5. The van der Waals surface area contributed by atoms with Crippen molar-refractivity contribution in [3.63, 3.8) is 0 Å². The van der Waals surface area contributed by atoms with E-state index in [2.05, 4.69) is 45.7 Å². The molecule has 0 amide bonds. The van der Waals surface area contributed by atoms with Gasteiger partial charge in [-0.05, 0) is 74.4 Å². The van der Waals surface area contributed by atoms with E-state index < -0.39 is 0 Å². The molecule has 1 aliphatic rings. The van der Waals surface area contributed by atoms with Crippen LogP contribution in [0.15, 0.2) is 54.7 Å². The minimum absolute atomic E-state index is 0.0656. The number of aryl methyl sites for hydroxylation is 1. The summed E-state index contributed by atoms with van der Waals surface area (Å²) in [6.07, 6.45) is 2.79. The number of halogens is 1. The first-order valence-corrected chi connectivity index (χ1v) is 11.7. The lowest BCUT2D eigenvalue weighted by atomic mass is 9.96. The van der Waals surface area contributed by atoms with Gasteiger partial charge in [-0.3, -0.25) is 9.78 Å². The van der Waals surface area contributed by atoms with Gasteiger partial charge in [-0.1, -0.05) is 23.7 Å². The van der Waals surface area contributed by atoms with Crippen LogP contribution >= 0.6 is 23.8 Å². The quantitative estimate of drug-likeness (QED) is 0.375. The van der Waals surface area contributed by atoms with Crippen LogP contribution in [0.1, 0.15) is 47.6 Å². The van der Waals surface area contributed by atoms with Gasteiger partial charge in [0.25, 0.3) is 0 Å². The molecule has 6 nitrogen and oxygen atoms in total. The monoisotopic (exact) mass is 482 g/mol. The van der Waals surface area contributed by atoms with Gasteiger partial charge in [-0.2, -0.15) is 0 Å². The summed E-state index contributed by atoms with van der Waals surface area (Å²) >= 11 is 12.0. The molecule has 2 aromatic heterocycles. The summed E-state index contributed by atoms with van der Waals surface area (Å²) in [6, 6.07) is 15.8. The highest BCUT2D eigenvalue weighted by Gasteiger charge is 2.41. The van der Waals surface area contributed by atoms with E-state index in [1.54, 1.807) is 6.20 Å². The van der Waals surface area contributed by atoms with Crippen LogP contribution < -0.4 is 5.32 Å². The van der Waals surface area contributed by atoms with E-state index in [0.717, 1.165) is 28.3 Å². The number of benzene rings is 1. The van der Waals surface area contributed by atoms with E-state index in [1.807, 2.05) is 36.4 Å². The summed E-state index contributed by atoms with van der Waals surface area (Å²) in [7, 11) is 1.41. The number of carbonyl (C=O) groups excluding carboxylic acids is 1. The lowest BCUT2D eigenvalue weighted by molar-refractivity contribution is -0.140. The second-order valence-electron chi connectivity index (χ2n) is 8.14. The molecule has 8 heteroatoms. The molecule has 0 spiro atoms. The van der Waals surface area contributed by atoms with Crippen molar-refractivity contribution in [2.75, 3.05) is 13.7 Å². The average Bonchev–Trinajstić information content (AvgIpc) is 3.29. The number of hydrogen-bond acceptors (Lipinski definition) is 4. The van der Waals surface area contributed by atoms with E-state index in [1.165, 1.54) is 7.11 Å². The molecule has 1 fully saturated rings. The molecule has 33 heavy (non-hydrogen) atoms. The molecule has 3 heterocycles. The van der Waals surface area contributed by atoms with Gasteiger partial charge in [0.05, 0.1) is 24.9 Å². The second kappa shape index (κ2) is 9.93. The predicted octanol–water partition coefficient (Wildman–Crippen LogP) is 5.07. The van der Waals surface area contributed by atoms with Gasteiger partial charge in [-0.15, -0.1) is 0 Å². The molecule has 0 aliphatic carbocycles. The third kappa shape index (κ3) is 4.75. The van der Waals surface area contributed by atoms with E-state index >= 15 is 0 Å². The number of hydrogen-bond donors (Lipinski definition) is 1. The molecule has 0 radical (unpaired) electrons. The molecule has 1 saturated heterocycles. The van der Waals surface area contributed by atoms with Crippen molar-refractivity contribution in [3.05, 3.63) is 82.4 Å². The molecule has 172 valence electrons. The normalized spacial score (nSPS) is 17.8. The number of rotatable bonds is 7. The van der Waals surface area contributed by atoms with Gasteiger partial charge < -0.3 is 19.5 Å². The number of thiocarbonyl (C=S) groups is 1. The lowest BCUT2D eigenvalue weighted by Gasteiger charge is -2.28. The Morgan fingerprint density at radius 2 is 2.03 bits per heavy atom.